The molecule has 0 N–H and O–H groups in total. The molecule has 0 saturated heterocycles. The molecular formula is C12H20F3NO. The Labute approximate surface area is 100 Å². The number of alkyl halides is 3. The van der Waals surface area contributed by atoms with E-state index in [4.69, 9.17) is 0 Å². The zero-order valence-electron chi connectivity index (χ0n) is 10.2. The van der Waals surface area contributed by atoms with E-state index < -0.39 is 12.7 Å². The van der Waals surface area contributed by atoms with Crippen molar-refractivity contribution in [3.63, 3.8) is 0 Å². The monoisotopic (exact) mass is 251 g/mol. The van der Waals surface area contributed by atoms with Crippen molar-refractivity contribution < 1.29 is 18.0 Å². The summed E-state index contributed by atoms with van der Waals surface area (Å²) in [4.78, 5) is 13.0. The summed E-state index contributed by atoms with van der Waals surface area (Å²) in [5.74, 6) is -0.0261. The van der Waals surface area contributed by atoms with Crippen LogP contribution in [0.25, 0.3) is 0 Å². The van der Waals surface area contributed by atoms with Crippen LogP contribution in [-0.4, -0.2) is 36.5 Å². The average molecular weight is 251 g/mol. The molecule has 0 radical (unpaired) electrons. The Kier molecular flexibility index (Phi) is 5.43. The molecule has 5 heteroatoms. The predicted octanol–water partition coefficient (Wildman–Crippen LogP) is 3.02. The number of Topliss-reactive ketones (excluding diaryl/α,β-unsaturated/α-hetero) is 1. The molecule has 1 rings (SSSR count). The second kappa shape index (κ2) is 6.38. The smallest absolute Gasteiger partial charge is 0.298 e. The van der Waals surface area contributed by atoms with Crippen LogP contribution in [0.15, 0.2) is 0 Å². The minimum Gasteiger partial charge on any atom is -0.298 e. The SMILES string of the molecule is CCN(CC(=O)C1CCCCC1)CC(F)(F)F. The fourth-order valence-electron chi connectivity index (χ4n) is 2.31. The first kappa shape index (κ1) is 14.5. The van der Waals surface area contributed by atoms with Gasteiger partial charge >= 0.3 is 6.18 Å². The fourth-order valence-corrected chi connectivity index (χ4v) is 2.31. The van der Waals surface area contributed by atoms with Crippen molar-refractivity contribution in [1.82, 2.24) is 4.90 Å². The number of carbonyl (C=O) groups excluding carboxylic acids is 1. The Hall–Kier alpha value is -0.580. The Balaban J connectivity index is 2.41. The summed E-state index contributed by atoms with van der Waals surface area (Å²) in [5.41, 5.74) is 0. The molecule has 0 bridgehead atoms. The fraction of sp³-hybridized carbons (Fsp3) is 0.917. The molecule has 0 aromatic rings. The third-order valence-corrected chi connectivity index (χ3v) is 3.29. The van der Waals surface area contributed by atoms with Gasteiger partial charge in [0, 0.05) is 5.92 Å². The standard InChI is InChI=1S/C12H20F3NO/c1-2-16(9-12(13,14)15)8-11(17)10-6-4-3-5-7-10/h10H,2-9H2,1H3. The quantitative estimate of drug-likeness (QED) is 0.748. The molecule has 0 aromatic heterocycles. The molecular weight excluding hydrogens is 231 g/mol. The highest BCUT2D eigenvalue weighted by Gasteiger charge is 2.32. The average Bonchev–Trinajstić information content (AvgIpc) is 2.27. The van der Waals surface area contributed by atoms with E-state index in [0.717, 1.165) is 32.1 Å². The lowest BCUT2D eigenvalue weighted by Crippen LogP contribution is -2.39. The lowest BCUT2D eigenvalue weighted by molar-refractivity contribution is -0.149. The zero-order valence-corrected chi connectivity index (χ0v) is 10.2. The normalized spacial score (nSPS) is 18.6. The van der Waals surface area contributed by atoms with Crippen LogP contribution in [0.1, 0.15) is 39.0 Å². The molecule has 0 spiro atoms. The summed E-state index contributed by atoms with van der Waals surface area (Å²) >= 11 is 0. The van der Waals surface area contributed by atoms with E-state index in [-0.39, 0.29) is 24.8 Å². The van der Waals surface area contributed by atoms with E-state index in [1.165, 1.54) is 4.90 Å². The number of carbonyl (C=O) groups is 1. The van der Waals surface area contributed by atoms with Crippen LogP contribution < -0.4 is 0 Å². The topological polar surface area (TPSA) is 20.3 Å². The van der Waals surface area contributed by atoms with Crippen LogP contribution in [0.4, 0.5) is 13.2 Å². The molecule has 17 heavy (non-hydrogen) atoms. The van der Waals surface area contributed by atoms with Gasteiger partial charge in [-0.2, -0.15) is 13.2 Å². The van der Waals surface area contributed by atoms with Crippen molar-refractivity contribution in [1.29, 1.82) is 0 Å². The molecule has 1 aliphatic carbocycles. The van der Waals surface area contributed by atoms with Crippen LogP contribution >= 0.6 is 0 Å². The molecule has 0 heterocycles. The number of hydrogen-bond donors (Lipinski definition) is 0. The maximum absolute atomic E-state index is 12.2. The second-order valence-corrected chi connectivity index (χ2v) is 4.72. The molecule has 2 nitrogen and oxygen atoms in total. The van der Waals surface area contributed by atoms with Gasteiger partial charge in [0.25, 0.3) is 0 Å². The molecule has 1 fully saturated rings. The van der Waals surface area contributed by atoms with E-state index in [1.54, 1.807) is 6.92 Å². The first-order valence-electron chi connectivity index (χ1n) is 6.24. The lowest BCUT2D eigenvalue weighted by Gasteiger charge is -2.25. The van der Waals surface area contributed by atoms with Crippen molar-refractivity contribution in [3.8, 4) is 0 Å². The van der Waals surface area contributed by atoms with Crippen LogP contribution in [0.2, 0.25) is 0 Å². The number of hydrogen-bond acceptors (Lipinski definition) is 2. The van der Waals surface area contributed by atoms with E-state index in [9.17, 15) is 18.0 Å². The minimum atomic E-state index is -4.22. The summed E-state index contributed by atoms with van der Waals surface area (Å²) < 4.78 is 36.7. The third-order valence-electron chi connectivity index (χ3n) is 3.29. The van der Waals surface area contributed by atoms with E-state index in [0.29, 0.717) is 0 Å². The first-order chi connectivity index (χ1) is 7.92. The molecule has 0 unspecified atom stereocenters. The van der Waals surface area contributed by atoms with Gasteiger partial charge in [0.1, 0.15) is 5.78 Å². The van der Waals surface area contributed by atoms with Crippen molar-refractivity contribution in [3.05, 3.63) is 0 Å². The molecule has 0 aliphatic heterocycles. The number of nitrogens with zero attached hydrogens (tertiary/aromatic N) is 1. The summed E-state index contributed by atoms with van der Waals surface area (Å²) in [6, 6.07) is 0. The van der Waals surface area contributed by atoms with Crippen molar-refractivity contribution in [2.24, 2.45) is 5.92 Å². The van der Waals surface area contributed by atoms with Gasteiger partial charge in [0.05, 0.1) is 13.1 Å². The van der Waals surface area contributed by atoms with Crippen molar-refractivity contribution >= 4 is 5.78 Å². The predicted molar refractivity (Wildman–Crippen MR) is 59.8 cm³/mol. The van der Waals surface area contributed by atoms with Gasteiger partial charge in [0.15, 0.2) is 0 Å². The highest BCUT2D eigenvalue weighted by Crippen LogP contribution is 2.25. The summed E-state index contributed by atoms with van der Waals surface area (Å²) in [5, 5.41) is 0. The highest BCUT2D eigenvalue weighted by molar-refractivity contribution is 5.83. The summed E-state index contributed by atoms with van der Waals surface area (Å²) in [6.45, 7) is 0.875. The number of ketones is 1. The van der Waals surface area contributed by atoms with Crippen LogP contribution in [0.3, 0.4) is 0 Å². The highest BCUT2D eigenvalue weighted by atomic mass is 19.4. The maximum atomic E-state index is 12.2. The molecule has 0 atom stereocenters. The van der Waals surface area contributed by atoms with Gasteiger partial charge < -0.3 is 0 Å². The zero-order chi connectivity index (χ0) is 12.9. The van der Waals surface area contributed by atoms with Crippen LogP contribution in [-0.2, 0) is 4.79 Å². The molecule has 1 aliphatic rings. The minimum absolute atomic E-state index is 0.00830. The first-order valence-corrected chi connectivity index (χ1v) is 6.24. The molecule has 0 amide bonds. The van der Waals surface area contributed by atoms with Crippen molar-refractivity contribution in [2.45, 2.75) is 45.2 Å². The molecule has 1 saturated carbocycles. The maximum Gasteiger partial charge on any atom is 0.401 e. The Morgan fingerprint density at radius 1 is 1.24 bits per heavy atom. The molecule has 100 valence electrons. The largest absolute Gasteiger partial charge is 0.401 e. The van der Waals surface area contributed by atoms with E-state index >= 15 is 0 Å². The summed E-state index contributed by atoms with van der Waals surface area (Å²) in [6.07, 6.45) is 0.682. The van der Waals surface area contributed by atoms with E-state index in [2.05, 4.69) is 0 Å². The van der Waals surface area contributed by atoms with Gasteiger partial charge in [0.2, 0.25) is 0 Å². The third kappa shape index (κ3) is 5.52. The van der Waals surface area contributed by atoms with Gasteiger partial charge in [-0.3, -0.25) is 9.69 Å². The Morgan fingerprint density at radius 3 is 2.29 bits per heavy atom. The summed E-state index contributed by atoms with van der Waals surface area (Å²) in [7, 11) is 0. The van der Waals surface area contributed by atoms with Gasteiger partial charge in [-0.15, -0.1) is 0 Å². The van der Waals surface area contributed by atoms with E-state index in [1.807, 2.05) is 0 Å². The Morgan fingerprint density at radius 2 is 1.82 bits per heavy atom. The second-order valence-electron chi connectivity index (χ2n) is 4.72. The Bertz CT molecular complexity index is 247. The van der Waals surface area contributed by atoms with Gasteiger partial charge in [-0.05, 0) is 19.4 Å². The number of rotatable bonds is 5. The van der Waals surface area contributed by atoms with Crippen LogP contribution in [0.5, 0.6) is 0 Å². The number of likely N-dealkylation sites (N-methyl/N-ethyl adjacent to an activating group) is 1. The van der Waals surface area contributed by atoms with Crippen LogP contribution in [0, 0.1) is 5.92 Å². The molecule has 0 aromatic carbocycles. The van der Waals surface area contributed by atoms with Gasteiger partial charge in [-0.25, -0.2) is 0 Å². The lowest BCUT2D eigenvalue weighted by atomic mass is 9.86. The van der Waals surface area contributed by atoms with Gasteiger partial charge in [-0.1, -0.05) is 26.2 Å². The number of halogens is 3. The van der Waals surface area contributed by atoms with Crippen molar-refractivity contribution in [2.75, 3.05) is 19.6 Å².